The maximum absolute atomic E-state index is 5.71. The Morgan fingerprint density at radius 1 is 0.909 bits per heavy atom. The first-order valence-electron chi connectivity index (χ1n) is 4.73. The summed E-state index contributed by atoms with van der Waals surface area (Å²) < 4.78 is 11.2. The van der Waals surface area contributed by atoms with Crippen LogP contribution in [0.4, 0.5) is 0 Å². The predicted molar refractivity (Wildman–Crippen MR) is 38.2 cm³/mol. The highest BCUT2D eigenvalue weighted by Gasteiger charge is 2.63. The number of hydrogen-bond donors (Lipinski definition) is 0. The first kappa shape index (κ1) is 5.55. The first-order valence-corrected chi connectivity index (χ1v) is 4.73. The van der Waals surface area contributed by atoms with Gasteiger partial charge in [0.1, 0.15) is 0 Å². The number of rotatable bonds is 0. The van der Waals surface area contributed by atoms with Gasteiger partial charge in [0.15, 0.2) is 0 Å². The zero-order valence-electron chi connectivity index (χ0n) is 6.40. The van der Waals surface area contributed by atoms with Crippen LogP contribution in [0.5, 0.6) is 0 Å². The summed E-state index contributed by atoms with van der Waals surface area (Å²) in [5.74, 6) is 1.77. The van der Waals surface area contributed by atoms with Crippen molar-refractivity contribution in [3.63, 3.8) is 0 Å². The van der Waals surface area contributed by atoms with Gasteiger partial charge in [-0.05, 0) is 18.8 Å². The van der Waals surface area contributed by atoms with Crippen LogP contribution in [-0.4, -0.2) is 24.4 Å². The highest BCUT2D eigenvalue weighted by Crippen LogP contribution is 2.57. The molecule has 3 aliphatic heterocycles. The predicted octanol–water partition coefficient (Wildman–Crippen LogP) is 0.951. The standard InChI is InChI=1S/C9H12O2/c1-4-2-7-9(11-7)8(4)6-3-5(1)10-6/h4-9H,1-3H2. The molecular formula is C9H12O2. The van der Waals surface area contributed by atoms with Crippen molar-refractivity contribution in [2.45, 2.75) is 43.7 Å². The lowest BCUT2D eigenvalue weighted by atomic mass is 9.73. The summed E-state index contributed by atoms with van der Waals surface area (Å²) in [5.41, 5.74) is 0. The molecule has 0 aromatic heterocycles. The van der Waals surface area contributed by atoms with Crippen LogP contribution in [0.15, 0.2) is 0 Å². The molecule has 2 aliphatic carbocycles. The normalized spacial score (nSPS) is 69.8. The molecule has 5 rings (SSSR count). The highest BCUT2D eigenvalue weighted by atomic mass is 16.6. The van der Waals surface area contributed by atoms with Gasteiger partial charge in [-0.1, -0.05) is 0 Å². The van der Waals surface area contributed by atoms with Crippen molar-refractivity contribution in [3.8, 4) is 0 Å². The molecule has 11 heavy (non-hydrogen) atoms. The van der Waals surface area contributed by atoms with Gasteiger partial charge in [-0.25, -0.2) is 0 Å². The van der Waals surface area contributed by atoms with Crippen molar-refractivity contribution in [2.24, 2.45) is 11.8 Å². The van der Waals surface area contributed by atoms with Crippen LogP contribution in [0.25, 0.3) is 0 Å². The van der Waals surface area contributed by atoms with Gasteiger partial charge in [0.2, 0.25) is 0 Å². The Bertz CT molecular complexity index is 210. The molecule has 60 valence electrons. The van der Waals surface area contributed by atoms with Gasteiger partial charge < -0.3 is 9.47 Å². The molecule has 6 atom stereocenters. The molecule has 3 heterocycles. The van der Waals surface area contributed by atoms with Crippen LogP contribution in [0.2, 0.25) is 0 Å². The molecule has 2 nitrogen and oxygen atoms in total. The molecule has 0 N–H and O–H groups in total. The third-order valence-corrected chi connectivity index (χ3v) is 3.94. The topological polar surface area (TPSA) is 21.8 Å². The van der Waals surface area contributed by atoms with Crippen molar-refractivity contribution in [2.75, 3.05) is 0 Å². The molecule has 2 bridgehead atoms. The number of epoxide rings is 1. The Labute approximate surface area is 65.9 Å². The SMILES string of the molecule is C1C2CC(O2)C2C1CC1OC12. The van der Waals surface area contributed by atoms with E-state index in [1.165, 1.54) is 19.3 Å². The van der Waals surface area contributed by atoms with Gasteiger partial charge in [0.05, 0.1) is 24.4 Å². The fourth-order valence-electron chi connectivity index (χ4n) is 3.41. The summed E-state index contributed by atoms with van der Waals surface area (Å²) in [4.78, 5) is 0. The van der Waals surface area contributed by atoms with Crippen molar-refractivity contribution in [1.82, 2.24) is 0 Å². The molecular weight excluding hydrogens is 140 g/mol. The maximum atomic E-state index is 5.71. The minimum atomic E-state index is 0.594. The van der Waals surface area contributed by atoms with Gasteiger partial charge in [0, 0.05) is 12.3 Å². The molecule has 2 saturated carbocycles. The van der Waals surface area contributed by atoms with E-state index in [1.807, 2.05) is 0 Å². The number of hydrogen-bond acceptors (Lipinski definition) is 2. The van der Waals surface area contributed by atoms with Crippen molar-refractivity contribution >= 4 is 0 Å². The molecule has 5 aliphatic rings. The van der Waals surface area contributed by atoms with E-state index in [4.69, 9.17) is 9.47 Å². The van der Waals surface area contributed by atoms with Crippen LogP contribution in [0.3, 0.4) is 0 Å². The maximum Gasteiger partial charge on any atom is 0.0897 e. The van der Waals surface area contributed by atoms with Gasteiger partial charge in [-0.3, -0.25) is 0 Å². The second-order valence-corrected chi connectivity index (χ2v) is 4.48. The smallest absolute Gasteiger partial charge is 0.0897 e. The van der Waals surface area contributed by atoms with Crippen LogP contribution < -0.4 is 0 Å². The van der Waals surface area contributed by atoms with Gasteiger partial charge in [0.25, 0.3) is 0 Å². The van der Waals surface area contributed by atoms with Crippen LogP contribution in [0.1, 0.15) is 19.3 Å². The zero-order valence-corrected chi connectivity index (χ0v) is 6.40. The number of ether oxygens (including phenoxy) is 2. The third-order valence-electron chi connectivity index (χ3n) is 3.94. The van der Waals surface area contributed by atoms with Crippen LogP contribution in [-0.2, 0) is 9.47 Å². The minimum absolute atomic E-state index is 0.594. The summed E-state index contributed by atoms with van der Waals surface area (Å²) in [6, 6.07) is 0. The fourth-order valence-corrected chi connectivity index (χ4v) is 3.41. The Morgan fingerprint density at radius 2 is 1.82 bits per heavy atom. The van der Waals surface area contributed by atoms with E-state index in [9.17, 15) is 0 Å². The molecule has 0 amide bonds. The monoisotopic (exact) mass is 152 g/mol. The lowest BCUT2D eigenvalue weighted by Crippen LogP contribution is -2.52. The number of fused-ring (bicyclic) bond motifs is 1. The van der Waals surface area contributed by atoms with Crippen molar-refractivity contribution in [1.29, 1.82) is 0 Å². The minimum Gasteiger partial charge on any atom is -0.374 e. The van der Waals surface area contributed by atoms with E-state index in [1.54, 1.807) is 0 Å². The Hall–Kier alpha value is -0.0800. The molecule has 2 heteroatoms. The second kappa shape index (κ2) is 1.50. The van der Waals surface area contributed by atoms with Gasteiger partial charge in [-0.15, -0.1) is 0 Å². The van der Waals surface area contributed by atoms with Crippen LogP contribution >= 0.6 is 0 Å². The van der Waals surface area contributed by atoms with Crippen molar-refractivity contribution < 1.29 is 9.47 Å². The molecule has 5 fully saturated rings. The highest BCUT2D eigenvalue weighted by molar-refractivity contribution is 5.10. The average Bonchev–Trinajstić information content (AvgIpc) is 2.60. The molecule has 0 aromatic carbocycles. The summed E-state index contributed by atoms with van der Waals surface area (Å²) in [6.45, 7) is 0. The van der Waals surface area contributed by atoms with E-state index in [2.05, 4.69) is 0 Å². The molecule has 0 aromatic rings. The quantitative estimate of drug-likeness (QED) is 0.482. The largest absolute Gasteiger partial charge is 0.374 e. The Kier molecular flexibility index (Phi) is 0.758. The zero-order chi connectivity index (χ0) is 7.00. The Balaban J connectivity index is 1.71. The Morgan fingerprint density at radius 3 is 2.64 bits per heavy atom. The lowest BCUT2D eigenvalue weighted by Gasteiger charge is -2.49. The van der Waals surface area contributed by atoms with E-state index in [0.717, 1.165) is 11.8 Å². The molecule has 3 saturated heterocycles. The summed E-state index contributed by atoms with van der Waals surface area (Å²) >= 11 is 0. The third kappa shape index (κ3) is 0.541. The van der Waals surface area contributed by atoms with E-state index >= 15 is 0 Å². The summed E-state index contributed by atoms with van der Waals surface area (Å²) in [6.07, 6.45) is 6.49. The van der Waals surface area contributed by atoms with Crippen molar-refractivity contribution in [3.05, 3.63) is 0 Å². The van der Waals surface area contributed by atoms with Gasteiger partial charge in [-0.2, -0.15) is 0 Å². The van der Waals surface area contributed by atoms with E-state index < -0.39 is 0 Å². The van der Waals surface area contributed by atoms with E-state index in [0.29, 0.717) is 24.4 Å². The van der Waals surface area contributed by atoms with E-state index in [-0.39, 0.29) is 0 Å². The van der Waals surface area contributed by atoms with Crippen LogP contribution in [0, 0.1) is 11.8 Å². The summed E-state index contributed by atoms with van der Waals surface area (Å²) in [5, 5.41) is 0. The molecule has 0 radical (unpaired) electrons. The van der Waals surface area contributed by atoms with Gasteiger partial charge >= 0.3 is 0 Å². The lowest BCUT2D eigenvalue weighted by molar-refractivity contribution is -0.208. The molecule has 6 unspecified atom stereocenters. The fraction of sp³-hybridized carbons (Fsp3) is 1.00. The summed E-state index contributed by atoms with van der Waals surface area (Å²) in [7, 11) is 0. The second-order valence-electron chi connectivity index (χ2n) is 4.48. The first-order chi connectivity index (χ1) is 5.42. The molecule has 0 spiro atoms. The average molecular weight is 152 g/mol.